The maximum absolute atomic E-state index is 14.0. The Kier molecular flexibility index (Phi) is 10.8. The van der Waals surface area contributed by atoms with Gasteiger partial charge in [-0.25, -0.2) is 8.42 Å². The second-order valence-corrected chi connectivity index (χ2v) is 11.6. The average Bonchev–Trinajstić information content (AvgIpc) is 2.93. The molecule has 0 aliphatic heterocycles. The number of carbonyl (C=O) groups excluding carboxylic acids is 2. The minimum absolute atomic E-state index is 0.0498. The molecule has 0 aliphatic rings. The third kappa shape index (κ3) is 7.32. The molecule has 2 amide bonds. The second kappa shape index (κ2) is 13.8. The normalized spacial score (nSPS) is 12.0. The molecule has 3 aromatic rings. The number of nitrogens with zero attached hydrogens (tertiary/aromatic N) is 2. The summed E-state index contributed by atoms with van der Waals surface area (Å²) < 4.78 is 28.7. The fourth-order valence-electron chi connectivity index (χ4n) is 4.21. The lowest BCUT2D eigenvalue weighted by atomic mass is 10.1. The van der Waals surface area contributed by atoms with Crippen LogP contribution in [0.4, 0.5) is 5.69 Å². The van der Waals surface area contributed by atoms with Gasteiger partial charge in [0.15, 0.2) is 0 Å². The number of rotatable bonds is 12. The second-order valence-electron chi connectivity index (χ2n) is 8.89. The molecule has 0 radical (unpaired) electrons. The zero-order chi connectivity index (χ0) is 28.6. The van der Waals surface area contributed by atoms with Crippen molar-refractivity contribution < 1.29 is 18.0 Å². The summed E-state index contributed by atoms with van der Waals surface area (Å²) in [5.41, 5.74) is 1.84. The topological polar surface area (TPSA) is 86.8 Å². The van der Waals surface area contributed by atoms with E-state index in [9.17, 15) is 18.0 Å². The first-order chi connectivity index (χ1) is 18.6. The molecule has 39 heavy (non-hydrogen) atoms. The monoisotopic (exact) mass is 589 g/mol. The van der Waals surface area contributed by atoms with Gasteiger partial charge in [0.1, 0.15) is 12.6 Å². The number of nitrogens with one attached hydrogen (secondary N) is 1. The van der Waals surface area contributed by atoms with E-state index in [0.717, 1.165) is 16.3 Å². The van der Waals surface area contributed by atoms with Crippen molar-refractivity contribution in [2.75, 3.05) is 17.4 Å². The number of amides is 2. The van der Waals surface area contributed by atoms with Crippen LogP contribution in [0.3, 0.4) is 0 Å². The molecule has 0 bridgehead atoms. The molecule has 1 N–H and O–H groups in total. The van der Waals surface area contributed by atoms with Crippen LogP contribution >= 0.6 is 23.2 Å². The number of carbonyl (C=O) groups is 2. The van der Waals surface area contributed by atoms with Gasteiger partial charge in [0.25, 0.3) is 10.0 Å². The van der Waals surface area contributed by atoms with Gasteiger partial charge in [-0.15, -0.1) is 0 Å². The molecule has 1 atom stereocenters. The Bertz CT molecular complexity index is 1360. The molecule has 3 rings (SSSR count). The molecule has 0 heterocycles. The highest BCUT2D eigenvalue weighted by Crippen LogP contribution is 2.29. The van der Waals surface area contributed by atoms with Crippen LogP contribution in [0.5, 0.6) is 0 Å². The molecular weight excluding hydrogens is 557 g/mol. The molecule has 0 aliphatic carbocycles. The van der Waals surface area contributed by atoms with Crippen LogP contribution in [-0.4, -0.2) is 44.3 Å². The lowest BCUT2D eigenvalue weighted by molar-refractivity contribution is -0.140. The molecule has 7 nitrogen and oxygen atoms in total. The van der Waals surface area contributed by atoms with Crippen molar-refractivity contribution in [1.29, 1.82) is 0 Å². The Hall–Kier alpha value is -3.07. The summed E-state index contributed by atoms with van der Waals surface area (Å²) in [6, 6.07) is 19.1. The average molecular weight is 591 g/mol. The first-order valence-electron chi connectivity index (χ1n) is 12.8. The summed E-state index contributed by atoms with van der Waals surface area (Å²) in [6.07, 6.45) is 1.08. The van der Waals surface area contributed by atoms with E-state index in [1.165, 1.54) is 17.0 Å². The van der Waals surface area contributed by atoms with Crippen LogP contribution in [0.2, 0.25) is 10.0 Å². The summed E-state index contributed by atoms with van der Waals surface area (Å²) in [5, 5.41) is 3.46. The molecule has 0 aromatic heterocycles. The maximum Gasteiger partial charge on any atom is 0.264 e. The Morgan fingerprint density at radius 3 is 2.03 bits per heavy atom. The van der Waals surface area contributed by atoms with Gasteiger partial charge in [-0.2, -0.15) is 0 Å². The predicted molar refractivity (Wildman–Crippen MR) is 157 cm³/mol. The van der Waals surface area contributed by atoms with Crippen molar-refractivity contribution in [2.24, 2.45) is 0 Å². The maximum atomic E-state index is 14.0. The molecule has 0 spiro atoms. The largest absolute Gasteiger partial charge is 0.355 e. The van der Waals surface area contributed by atoms with Crippen molar-refractivity contribution in [3.05, 3.63) is 94.0 Å². The van der Waals surface area contributed by atoms with Crippen molar-refractivity contribution >= 4 is 50.7 Å². The number of hydrogen-bond acceptors (Lipinski definition) is 4. The summed E-state index contributed by atoms with van der Waals surface area (Å²) in [5.74, 6) is -0.913. The van der Waals surface area contributed by atoms with E-state index in [4.69, 9.17) is 23.2 Å². The number of likely N-dealkylation sites (N-methyl/N-ethyl adjacent to an activating group) is 1. The van der Waals surface area contributed by atoms with Gasteiger partial charge in [-0.05, 0) is 61.7 Å². The molecule has 0 saturated carbocycles. The van der Waals surface area contributed by atoms with Crippen LogP contribution in [0, 0.1) is 0 Å². The Morgan fingerprint density at radius 1 is 0.872 bits per heavy atom. The minimum atomic E-state index is -4.12. The quantitative estimate of drug-likeness (QED) is 0.294. The summed E-state index contributed by atoms with van der Waals surface area (Å²) in [7, 11) is -4.12. The van der Waals surface area contributed by atoms with Crippen LogP contribution < -0.4 is 9.62 Å². The standard InChI is InChI=1S/C29H33Cl2N3O4S/c1-4-21-15-17-22(18-16-21)34(39(37,38)23-11-8-7-9-12-23)20-28(35)33(27(5-2)29(36)32-6-3)19-24-25(30)13-10-14-26(24)31/h7-18,27H,4-6,19-20H2,1-3H3,(H,32,36). The van der Waals surface area contributed by atoms with Gasteiger partial charge in [-0.1, -0.05) is 73.4 Å². The highest BCUT2D eigenvalue weighted by molar-refractivity contribution is 7.92. The van der Waals surface area contributed by atoms with Crippen LogP contribution in [0.15, 0.2) is 77.7 Å². The molecule has 0 saturated heterocycles. The molecule has 10 heteroatoms. The van der Waals surface area contributed by atoms with Crippen LogP contribution in [0.1, 0.15) is 38.3 Å². The van der Waals surface area contributed by atoms with Gasteiger partial charge in [0.05, 0.1) is 10.6 Å². The predicted octanol–water partition coefficient (Wildman–Crippen LogP) is 5.69. The molecule has 3 aromatic carbocycles. The summed E-state index contributed by atoms with van der Waals surface area (Å²) in [6.45, 7) is 5.36. The summed E-state index contributed by atoms with van der Waals surface area (Å²) >= 11 is 12.8. The van der Waals surface area contributed by atoms with Gasteiger partial charge >= 0.3 is 0 Å². The van der Waals surface area contributed by atoms with Crippen molar-refractivity contribution in [2.45, 2.75) is 51.1 Å². The number of aryl methyl sites for hydroxylation is 1. The smallest absolute Gasteiger partial charge is 0.264 e. The molecule has 0 fully saturated rings. The number of hydrogen-bond donors (Lipinski definition) is 1. The SMILES string of the molecule is CCNC(=O)C(CC)N(Cc1c(Cl)cccc1Cl)C(=O)CN(c1ccc(CC)cc1)S(=O)(=O)c1ccccc1. The number of benzene rings is 3. The van der Waals surface area contributed by atoms with Crippen LogP contribution in [-0.2, 0) is 32.6 Å². The Labute approximate surface area is 240 Å². The highest BCUT2D eigenvalue weighted by atomic mass is 35.5. The minimum Gasteiger partial charge on any atom is -0.355 e. The number of halogens is 2. The fraction of sp³-hybridized carbons (Fsp3) is 0.310. The van der Waals surface area contributed by atoms with Crippen LogP contribution in [0.25, 0.3) is 0 Å². The lowest BCUT2D eigenvalue weighted by Gasteiger charge is -2.33. The van der Waals surface area contributed by atoms with Gasteiger partial charge in [0.2, 0.25) is 11.8 Å². The third-order valence-electron chi connectivity index (χ3n) is 6.37. The molecule has 1 unspecified atom stereocenters. The van der Waals surface area contributed by atoms with E-state index in [1.807, 2.05) is 19.1 Å². The number of anilines is 1. The highest BCUT2D eigenvalue weighted by Gasteiger charge is 2.34. The van der Waals surface area contributed by atoms with Crippen molar-refractivity contribution in [3.63, 3.8) is 0 Å². The van der Waals surface area contributed by atoms with E-state index in [-0.39, 0.29) is 17.3 Å². The van der Waals surface area contributed by atoms with Gasteiger partial charge in [0, 0.05) is 28.7 Å². The summed E-state index contributed by atoms with van der Waals surface area (Å²) in [4.78, 5) is 28.4. The van der Waals surface area contributed by atoms with Crippen molar-refractivity contribution in [3.8, 4) is 0 Å². The van der Waals surface area contributed by atoms with E-state index in [0.29, 0.717) is 34.3 Å². The first-order valence-corrected chi connectivity index (χ1v) is 15.0. The van der Waals surface area contributed by atoms with Gasteiger partial charge in [-0.3, -0.25) is 13.9 Å². The molecule has 208 valence electrons. The van der Waals surface area contributed by atoms with Crippen molar-refractivity contribution in [1.82, 2.24) is 10.2 Å². The number of sulfonamides is 1. The van der Waals surface area contributed by atoms with E-state index in [1.54, 1.807) is 62.4 Å². The van der Waals surface area contributed by atoms with E-state index < -0.39 is 28.5 Å². The Morgan fingerprint density at radius 2 is 1.49 bits per heavy atom. The fourth-order valence-corrected chi connectivity index (χ4v) is 6.16. The Balaban J connectivity index is 2.09. The first kappa shape index (κ1) is 30.5. The molecular formula is C29H33Cl2N3O4S. The lowest BCUT2D eigenvalue weighted by Crippen LogP contribution is -2.52. The third-order valence-corrected chi connectivity index (χ3v) is 8.87. The van der Waals surface area contributed by atoms with E-state index >= 15 is 0 Å². The van der Waals surface area contributed by atoms with Gasteiger partial charge < -0.3 is 10.2 Å². The van der Waals surface area contributed by atoms with E-state index in [2.05, 4.69) is 5.32 Å². The zero-order valence-electron chi connectivity index (χ0n) is 22.2. The zero-order valence-corrected chi connectivity index (χ0v) is 24.6.